The predicted octanol–water partition coefficient (Wildman–Crippen LogP) is 3.87. The Kier molecular flexibility index (Phi) is 10.5. The van der Waals surface area contributed by atoms with E-state index in [-0.39, 0.29) is 17.9 Å². The van der Waals surface area contributed by atoms with Crippen molar-refractivity contribution in [1.82, 2.24) is 0 Å². The molecule has 1 atom stereocenters. The fourth-order valence-electron chi connectivity index (χ4n) is 2.50. The molecule has 0 amide bonds. The van der Waals surface area contributed by atoms with E-state index in [9.17, 15) is 22.8 Å². The summed E-state index contributed by atoms with van der Waals surface area (Å²) >= 11 is 0. The van der Waals surface area contributed by atoms with E-state index in [1.54, 1.807) is 0 Å². The summed E-state index contributed by atoms with van der Waals surface area (Å²) in [7, 11) is -4.82. The molecule has 0 spiro atoms. The minimum absolute atomic E-state index is 0.122. The van der Waals surface area contributed by atoms with Crippen LogP contribution in [0.3, 0.4) is 0 Å². The maximum atomic E-state index is 13.4. The number of halogens is 3. The fourth-order valence-corrected chi connectivity index (χ4v) is 2.91. The summed E-state index contributed by atoms with van der Waals surface area (Å²) in [6, 6.07) is 3.47. The third-order valence-electron chi connectivity index (χ3n) is 4.22. The summed E-state index contributed by atoms with van der Waals surface area (Å²) < 4.78 is 60.7. The first-order valence-corrected chi connectivity index (χ1v) is 11.1. The van der Waals surface area contributed by atoms with Gasteiger partial charge in [-0.15, -0.1) is 0 Å². The van der Waals surface area contributed by atoms with Gasteiger partial charge < -0.3 is 25.4 Å². The number of aliphatic hydroxyl groups excluding tert-OH is 1. The first-order chi connectivity index (χ1) is 13.9. The van der Waals surface area contributed by atoms with Crippen LogP contribution in [0.1, 0.15) is 50.2 Å². The summed E-state index contributed by atoms with van der Waals surface area (Å²) in [5.41, 5.74) is 3.26. The molecule has 0 fully saturated rings. The molecule has 1 rings (SSSR count). The Morgan fingerprint density at radius 1 is 1.17 bits per heavy atom. The SMILES string of the molecule is CCCCCCCOc1ccc(C=CC(N)(CO)COP(=O)(O)O)cc1C(F)(F)F. The quantitative estimate of drug-likeness (QED) is 0.263. The number of rotatable bonds is 13. The van der Waals surface area contributed by atoms with Crippen LogP contribution in [-0.2, 0) is 15.3 Å². The maximum absolute atomic E-state index is 13.4. The van der Waals surface area contributed by atoms with Gasteiger partial charge in [0, 0.05) is 0 Å². The zero-order valence-corrected chi connectivity index (χ0v) is 17.7. The Morgan fingerprint density at radius 3 is 2.40 bits per heavy atom. The maximum Gasteiger partial charge on any atom is 0.469 e. The van der Waals surface area contributed by atoms with E-state index in [1.165, 1.54) is 18.2 Å². The van der Waals surface area contributed by atoms with Gasteiger partial charge in [0.2, 0.25) is 0 Å². The number of alkyl halides is 3. The topological polar surface area (TPSA) is 122 Å². The molecule has 11 heteroatoms. The van der Waals surface area contributed by atoms with Gasteiger partial charge in [-0.25, -0.2) is 4.57 Å². The van der Waals surface area contributed by atoms with Crippen LogP contribution in [0, 0.1) is 0 Å². The van der Waals surface area contributed by atoms with E-state index in [1.807, 2.05) is 0 Å². The highest BCUT2D eigenvalue weighted by atomic mass is 31.2. The van der Waals surface area contributed by atoms with Gasteiger partial charge in [0.05, 0.1) is 30.9 Å². The molecule has 0 saturated carbocycles. The number of hydrogen-bond acceptors (Lipinski definition) is 5. The van der Waals surface area contributed by atoms with Crippen molar-refractivity contribution in [2.24, 2.45) is 5.73 Å². The molecule has 0 aliphatic heterocycles. The summed E-state index contributed by atoms with van der Waals surface area (Å²) in [6.07, 6.45) is 2.39. The first kappa shape index (κ1) is 26.6. The fraction of sp³-hybridized carbons (Fsp3) is 0.579. The molecule has 5 N–H and O–H groups in total. The second-order valence-electron chi connectivity index (χ2n) is 7.00. The zero-order valence-electron chi connectivity index (χ0n) is 16.8. The van der Waals surface area contributed by atoms with E-state index in [4.69, 9.17) is 20.3 Å². The number of phosphoric ester groups is 1. The number of ether oxygens (including phenoxy) is 1. The lowest BCUT2D eigenvalue weighted by Gasteiger charge is -2.23. The van der Waals surface area contributed by atoms with Crippen LogP contribution in [0.5, 0.6) is 5.75 Å². The molecule has 172 valence electrons. The number of nitrogens with two attached hydrogens (primary N) is 1. The molecule has 30 heavy (non-hydrogen) atoms. The molecule has 0 aliphatic rings. The van der Waals surface area contributed by atoms with Crippen LogP contribution in [0.25, 0.3) is 6.08 Å². The van der Waals surface area contributed by atoms with E-state index >= 15 is 0 Å². The molecule has 0 aliphatic carbocycles. The predicted molar refractivity (Wildman–Crippen MR) is 107 cm³/mol. The number of benzene rings is 1. The van der Waals surface area contributed by atoms with Crippen molar-refractivity contribution in [3.8, 4) is 5.75 Å². The Labute approximate surface area is 173 Å². The lowest BCUT2D eigenvalue weighted by Crippen LogP contribution is -2.45. The van der Waals surface area contributed by atoms with Crippen LogP contribution >= 0.6 is 7.82 Å². The van der Waals surface area contributed by atoms with Crippen LogP contribution < -0.4 is 10.5 Å². The third-order valence-corrected chi connectivity index (χ3v) is 4.68. The molecule has 0 aromatic heterocycles. The Morgan fingerprint density at radius 2 is 1.83 bits per heavy atom. The van der Waals surface area contributed by atoms with Crippen LogP contribution in [0.4, 0.5) is 13.2 Å². The van der Waals surface area contributed by atoms with Gasteiger partial charge in [0.25, 0.3) is 0 Å². The molecule has 1 unspecified atom stereocenters. The van der Waals surface area contributed by atoms with E-state index in [0.29, 0.717) is 6.42 Å². The second-order valence-corrected chi connectivity index (χ2v) is 8.24. The van der Waals surface area contributed by atoms with E-state index < -0.39 is 38.3 Å². The average Bonchev–Trinajstić information content (AvgIpc) is 2.66. The highest BCUT2D eigenvalue weighted by molar-refractivity contribution is 7.46. The summed E-state index contributed by atoms with van der Waals surface area (Å²) in [5.74, 6) is -0.277. The highest BCUT2D eigenvalue weighted by Crippen LogP contribution is 2.38. The Bertz CT molecular complexity index is 737. The van der Waals surface area contributed by atoms with Gasteiger partial charge in [0.1, 0.15) is 5.75 Å². The minimum Gasteiger partial charge on any atom is -0.493 e. The van der Waals surface area contributed by atoms with Gasteiger partial charge in [-0.1, -0.05) is 50.8 Å². The summed E-state index contributed by atoms with van der Waals surface area (Å²) in [6.45, 7) is 0.782. The third kappa shape index (κ3) is 10.1. The normalized spacial score (nSPS) is 14.8. The lowest BCUT2D eigenvalue weighted by atomic mass is 10.0. The summed E-state index contributed by atoms with van der Waals surface area (Å²) in [4.78, 5) is 17.5. The zero-order chi connectivity index (χ0) is 22.8. The van der Waals surface area contributed by atoms with Crippen LogP contribution in [0.2, 0.25) is 0 Å². The Balaban J connectivity index is 2.91. The molecule has 1 aromatic carbocycles. The molecular formula is C19H29F3NO6P. The van der Waals surface area contributed by atoms with Crippen molar-refractivity contribution < 1.29 is 41.9 Å². The highest BCUT2D eigenvalue weighted by Gasteiger charge is 2.34. The standard InChI is InChI=1S/C19H29F3NO6P/c1-2-3-4-5-6-11-28-17-8-7-15(12-16(17)19(20,21)22)9-10-18(23,13-24)14-29-30(25,26)27/h7-10,12,24H,2-6,11,13-14,23H2,1H3,(H2,25,26,27). The van der Waals surface area contributed by atoms with Crippen molar-refractivity contribution >= 4 is 13.9 Å². The van der Waals surface area contributed by atoms with E-state index in [0.717, 1.165) is 37.8 Å². The smallest absolute Gasteiger partial charge is 0.469 e. The van der Waals surface area contributed by atoms with Gasteiger partial charge in [-0.05, 0) is 24.1 Å². The van der Waals surface area contributed by atoms with Gasteiger partial charge in [0.15, 0.2) is 0 Å². The molecular weight excluding hydrogens is 426 g/mol. The van der Waals surface area contributed by atoms with Crippen LogP contribution in [-0.4, -0.2) is 40.3 Å². The first-order valence-electron chi connectivity index (χ1n) is 9.53. The van der Waals surface area contributed by atoms with Crippen molar-refractivity contribution in [1.29, 1.82) is 0 Å². The number of phosphoric acid groups is 1. The second kappa shape index (κ2) is 11.8. The van der Waals surface area contributed by atoms with Crippen molar-refractivity contribution in [2.75, 3.05) is 19.8 Å². The number of hydrogen-bond donors (Lipinski definition) is 4. The number of unbranched alkanes of at least 4 members (excludes halogenated alkanes) is 4. The molecule has 1 aromatic rings. The largest absolute Gasteiger partial charge is 0.493 e. The molecule has 7 nitrogen and oxygen atoms in total. The molecule has 0 heterocycles. The van der Waals surface area contributed by atoms with Crippen molar-refractivity contribution in [3.63, 3.8) is 0 Å². The van der Waals surface area contributed by atoms with Gasteiger partial charge in [-0.3, -0.25) is 4.52 Å². The minimum atomic E-state index is -4.82. The molecule has 0 radical (unpaired) electrons. The van der Waals surface area contributed by atoms with Crippen LogP contribution in [0.15, 0.2) is 24.3 Å². The molecule has 0 saturated heterocycles. The Hall–Kier alpha value is -1.42. The lowest BCUT2D eigenvalue weighted by molar-refractivity contribution is -0.139. The van der Waals surface area contributed by atoms with Crippen molar-refractivity contribution in [2.45, 2.75) is 50.7 Å². The van der Waals surface area contributed by atoms with Gasteiger partial charge >= 0.3 is 14.0 Å². The average molecular weight is 455 g/mol. The van der Waals surface area contributed by atoms with Gasteiger partial charge in [-0.2, -0.15) is 13.2 Å². The summed E-state index contributed by atoms with van der Waals surface area (Å²) in [5, 5.41) is 9.35. The van der Waals surface area contributed by atoms with E-state index in [2.05, 4.69) is 11.4 Å². The number of aliphatic hydroxyl groups is 1. The molecule has 0 bridgehead atoms. The monoisotopic (exact) mass is 455 g/mol. The van der Waals surface area contributed by atoms with Crippen molar-refractivity contribution in [3.05, 3.63) is 35.4 Å².